The fourth-order valence-corrected chi connectivity index (χ4v) is 4.12. The van der Waals surface area contributed by atoms with E-state index in [4.69, 9.17) is 0 Å². The van der Waals surface area contributed by atoms with Crippen LogP contribution in [0.4, 0.5) is 5.69 Å². The molecule has 5 heteroatoms. The molecule has 1 amide bonds. The number of para-hydroxylation sites is 1. The lowest BCUT2D eigenvalue weighted by molar-refractivity contribution is -0.114. The van der Waals surface area contributed by atoms with Crippen molar-refractivity contribution in [2.24, 2.45) is 5.10 Å². The molecule has 5 rings (SSSR count). The lowest BCUT2D eigenvalue weighted by Crippen LogP contribution is -2.21. The molecule has 4 aromatic rings. The number of anilines is 1. The minimum absolute atomic E-state index is 0.106. The molecule has 0 bridgehead atoms. The number of fused-ring (bicyclic) bond motifs is 1. The molecule has 0 saturated heterocycles. The average molecular weight is 406 g/mol. The van der Waals surface area contributed by atoms with Crippen molar-refractivity contribution < 1.29 is 4.79 Å². The van der Waals surface area contributed by atoms with Crippen LogP contribution in [0.15, 0.2) is 83.6 Å². The summed E-state index contributed by atoms with van der Waals surface area (Å²) in [5.41, 5.74) is 7.35. The highest BCUT2D eigenvalue weighted by Crippen LogP contribution is 2.28. The van der Waals surface area contributed by atoms with Crippen molar-refractivity contribution in [1.29, 1.82) is 0 Å². The minimum Gasteiger partial charge on any atom is -0.318 e. The Morgan fingerprint density at radius 3 is 2.48 bits per heavy atom. The predicted octanol–water partition coefficient (Wildman–Crippen LogP) is 5.45. The molecule has 0 atom stereocenters. The molecule has 2 aromatic heterocycles. The second kappa shape index (κ2) is 7.36. The summed E-state index contributed by atoms with van der Waals surface area (Å²) in [4.78, 5) is 17.5. The van der Waals surface area contributed by atoms with Gasteiger partial charge in [0.25, 0.3) is 5.91 Å². The maximum atomic E-state index is 13.1. The number of aromatic nitrogens is 2. The zero-order valence-electron chi connectivity index (χ0n) is 17.7. The van der Waals surface area contributed by atoms with Gasteiger partial charge in [-0.05, 0) is 74.9 Å². The maximum Gasteiger partial charge on any atom is 0.280 e. The number of benzene rings is 2. The van der Waals surface area contributed by atoms with E-state index in [1.807, 2.05) is 55.5 Å². The molecule has 0 N–H and O–H groups in total. The van der Waals surface area contributed by atoms with Gasteiger partial charge in [0.05, 0.1) is 22.5 Å². The van der Waals surface area contributed by atoms with Gasteiger partial charge in [-0.25, -0.2) is 0 Å². The third-order valence-corrected chi connectivity index (χ3v) is 5.68. The Labute approximate surface area is 181 Å². The van der Waals surface area contributed by atoms with Crippen LogP contribution >= 0.6 is 0 Å². The number of carbonyl (C=O) groups is 1. The smallest absolute Gasteiger partial charge is 0.280 e. The molecule has 3 heterocycles. The topological polar surface area (TPSA) is 50.5 Å². The van der Waals surface area contributed by atoms with Crippen LogP contribution < -0.4 is 5.01 Å². The van der Waals surface area contributed by atoms with Crippen molar-refractivity contribution in [3.63, 3.8) is 0 Å². The van der Waals surface area contributed by atoms with Gasteiger partial charge in [0.2, 0.25) is 0 Å². The summed E-state index contributed by atoms with van der Waals surface area (Å²) >= 11 is 0. The van der Waals surface area contributed by atoms with Crippen molar-refractivity contribution >= 4 is 34.3 Å². The van der Waals surface area contributed by atoms with Crippen LogP contribution in [0.25, 0.3) is 22.7 Å². The minimum atomic E-state index is -0.106. The van der Waals surface area contributed by atoms with Crippen LogP contribution in [0.1, 0.15) is 23.9 Å². The Hall–Kier alpha value is -3.99. The Balaban J connectivity index is 1.54. The van der Waals surface area contributed by atoms with Crippen molar-refractivity contribution in [3.8, 4) is 5.69 Å². The third kappa shape index (κ3) is 3.24. The van der Waals surface area contributed by atoms with Gasteiger partial charge in [0, 0.05) is 28.7 Å². The Morgan fingerprint density at radius 2 is 1.68 bits per heavy atom. The van der Waals surface area contributed by atoms with Crippen LogP contribution in [-0.2, 0) is 4.79 Å². The average Bonchev–Trinajstić information content (AvgIpc) is 3.23. The molecule has 0 saturated carbocycles. The van der Waals surface area contributed by atoms with Crippen molar-refractivity contribution in [2.45, 2.75) is 20.8 Å². The third-order valence-electron chi connectivity index (χ3n) is 5.68. The summed E-state index contributed by atoms with van der Waals surface area (Å²) in [6.45, 7) is 6.03. The molecule has 0 fully saturated rings. The van der Waals surface area contributed by atoms with Crippen LogP contribution in [0.3, 0.4) is 0 Å². The van der Waals surface area contributed by atoms with E-state index in [1.54, 1.807) is 6.20 Å². The molecule has 1 aliphatic heterocycles. The fraction of sp³-hybridized carbons (Fsp3) is 0.115. The van der Waals surface area contributed by atoms with E-state index < -0.39 is 0 Å². The monoisotopic (exact) mass is 406 g/mol. The molecule has 152 valence electrons. The van der Waals surface area contributed by atoms with Gasteiger partial charge < -0.3 is 4.57 Å². The summed E-state index contributed by atoms with van der Waals surface area (Å²) in [5, 5.41) is 7.05. The number of amides is 1. The van der Waals surface area contributed by atoms with Gasteiger partial charge >= 0.3 is 0 Å². The summed E-state index contributed by atoms with van der Waals surface area (Å²) in [5.74, 6) is -0.106. The molecule has 0 unspecified atom stereocenters. The maximum absolute atomic E-state index is 13.1. The van der Waals surface area contributed by atoms with E-state index in [1.165, 1.54) is 5.01 Å². The molecule has 0 radical (unpaired) electrons. The largest absolute Gasteiger partial charge is 0.318 e. The number of aryl methyl sites for hydroxylation is 1. The van der Waals surface area contributed by atoms with Crippen LogP contribution in [0, 0.1) is 13.8 Å². The van der Waals surface area contributed by atoms with Crippen molar-refractivity contribution in [1.82, 2.24) is 9.55 Å². The number of hydrogen-bond donors (Lipinski definition) is 0. The van der Waals surface area contributed by atoms with E-state index in [-0.39, 0.29) is 5.91 Å². The zero-order valence-corrected chi connectivity index (χ0v) is 17.7. The highest BCUT2D eigenvalue weighted by Gasteiger charge is 2.29. The molecule has 5 nitrogen and oxygen atoms in total. The quantitative estimate of drug-likeness (QED) is 0.425. The lowest BCUT2D eigenvalue weighted by Gasteiger charge is -2.11. The van der Waals surface area contributed by atoms with E-state index in [9.17, 15) is 4.79 Å². The van der Waals surface area contributed by atoms with E-state index in [0.29, 0.717) is 5.57 Å². The van der Waals surface area contributed by atoms with Crippen LogP contribution in [-0.4, -0.2) is 21.2 Å². The number of pyridine rings is 1. The molecular formula is C26H22N4O. The van der Waals surface area contributed by atoms with Gasteiger partial charge in [-0.2, -0.15) is 10.1 Å². The summed E-state index contributed by atoms with van der Waals surface area (Å²) < 4.78 is 2.21. The SMILES string of the molecule is CC1=NN(c2ccccc2)C(=O)/C1=C\c1cc(C)n(-c2ccc3ncccc3c2)c1C. The number of hydrogen-bond acceptors (Lipinski definition) is 3. The highest BCUT2D eigenvalue weighted by molar-refractivity contribution is 6.32. The first-order valence-corrected chi connectivity index (χ1v) is 10.2. The standard InChI is InChI=1S/C26H22N4O/c1-17-14-21(16-24-18(2)28-30(26(24)31)22-9-5-4-6-10-22)19(3)29(17)23-11-12-25-20(15-23)8-7-13-27-25/h4-16H,1-3H3/b24-16-. The number of nitrogens with zero attached hydrogens (tertiary/aromatic N) is 4. The molecule has 0 aliphatic carbocycles. The van der Waals surface area contributed by atoms with Crippen molar-refractivity contribution in [2.75, 3.05) is 5.01 Å². The molecule has 0 spiro atoms. The molecule has 2 aromatic carbocycles. The Morgan fingerprint density at radius 1 is 0.871 bits per heavy atom. The van der Waals surface area contributed by atoms with Gasteiger partial charge in [-0.3, -0.25) is 9.78 Å². The second-order valence-corrected chi connectivity index (χ2v) is 7.74. The normalized spacial score (nSPS) is 15.2. The fourth-order valence-electron chi connectivity index (χ4n) is 4.12. The van der Waals surface area contributed by atoms with Gasteiger partial charge in [-0.1, -0.05) is 24.3 Å². The summed E-state index contributed by atoms with van der Waals surface area (Å²) in [7, 11) is 0. The second-order valence-electron chi connectivity index (χ2n) is 7.74. The lowest BCUT2D eigenvalue weighted by atomic mass is 10.1. The zero-order chi connectivity index (χ0) is 21.5. The number of rotatable bonds is 3. The predicted molar refractivity (Wildman–Crippen MR) is 126 cm³/mol. The first-order valence-electron chi connectivity index (χ1n) is 10.2. The van der Waals surface area contributed by atoms with Gasteiger partial charge in [-0.15, -0.1) is 0 Å². The molecular weight excluding hydrogens is 384 g/mol. The van der Waals surface area contributed by atoms with Crippen LogP contribution in [0.5, 0.6) is 0 Å². The summed E-state index contributed by atoms with van der Waals surface area (Å²) in [6, 6.07) is 21.9. The van der Waals surface area contributed by atoms with Gasteiger partial charge in [0.15, 0.2) is 0 Å². The van der Waals surface area contributed by atoms with E-state index in [0.717, 1.165) is 44.9 Å². The van der Waals surface area contributed by atoms with Crippen molar-refractivity contribution in [3.05, 3.63) is 95.5 Å². The molecule has 1 aliphatic rings. The Bertz CT molecular complexity index is 1380. The first kappa shape index (κ1) is 19.0. The molecule has 31 heavy (non-hydrogen) atoms. The number of carbonyl (C=O) groups excluding carboxylic acids is 1. The van der Waals surface area contributed by atoms with E-state index >= 15 is 0 Å². The Kier molecular flexibility index (Phi) is 4.51. The van der Waals surface area contributed by atoms with Gasteiger partial charge in [0.1, 0.15) is 0 Å². The first-order chi connectivity index (χ1) is 15.0. The summed E-state index contributed by atoms with van der Waals surface area (Å²) in [6.07, 6.45) is 3.76. The van der Waals surface area contributed by atoms with Crippen LogP contribution in [0.2, 0.25) is 0 Å². The van der Waals surface area contributed by atoms with E-state index in [2.05, 4.69) is 52.8 Å². The highest BCUT2D eigenvalue weighted by atomic mass is 16.2. The number of hydrazone groups is 1.